The Bertz CT molecular complexity index is 250. The van der Waals surface area contributed by atoms with E-state index in [1.54, 1.807) is 12.1 Å². The van der Waals surface area contributed by atoms with E-state index in [0.717, 1.165) is 0 Å². The van der Waals surface area contributed by atoms with Crippen LogP contribution < -0.4 is 4.74 Å². The zero-order valence-electron chi connectivity index (χ0n) is 6.10. The SMILES string of the molecule is COc1ccc(CBr)c([18F])c1. The Kier molecular flexibility index (Phi) is 2.88. The zero-order valence-corrected chi connectivity index (χ0v) is 7.69. The van der Waals surface area contributed by atoms with Gasteiger partial charge in [0, 0.05) is 11.4 Å². The van der Waals surface area contributed by atoms with Crippen LogP contribution in [0.4, 0.5) is 4.39 Å². The molecule has 1 rings (SSSR count). The summed E-state index contributed by atoms with van der Waals surface area (Å²) in [6, 6.07) is 4.80. The second-order valence-electron chi connectivity index (χ2n) is 2.09. The van der Waals surface area contributed by atoms with Crippen LogP contribution >= 0.6 is 15.9 Å². The van der Waals surface area contributed by atoms with Crippen LogP contribution in [-0.4, -0.2) is 7.11 Å². The molecule has 0 amide bonds. The summed E-state index contributed by atoms with van der Waals surface area (Å²) >= 11 is 3.17. The van der Waals surface area contributed by atoms with Crippen molar-refractivity contribution >= 4 is 15.9 Å². The normalized spacial score (nSPS) is 9.73. The molecular weight excluding hydrogens is 210 g/mol. The van der Waals surface area contributed by atoms with E-state index < -0.39 is 0 Å². The van der Waals surface area contributed by atoms with Gasteiger partial charge in [-0.05, 0) is 11.6 Å². The first kappa shape index (κ1) is 8.53. The second kappa shape index (κ2) is 3.72. The van der Waals surface area contributed by atoms with Crippen LogP contribution in [0.2, 0.25) is 0 Å². The van der Waals surface area contributed by atoms with Crippen molar-refractivity contribution in [3.63, 3.8) is 0 Å². The number of rotatable bonds is 2. The number of benzene rings is 1. The molecule has 0 aliphatic rings. The van der Waals surface area contributed by atoms with E-state index in [4.69, 9.17) is 4.74 Å². The number of methoxy groups -OCH3 is 1. The van der Waals surface area contributed by atoms with Crippen molar-refractivity contribution in [1.82, 2.24) is 0 Å². The van der Waals surface area contributed by atoms with Crippen LogP contribution in [0.1, 0.15) is 5.56 Å². The van der Waals surface area contributed by atoms with E-state index in [2.05, 4.69) is 15.9 Å². The Hall–Kier alpha value is -0.570. The van der Waals surface area contributed by atoms with Crippen molar-refractivity contribution in [2.45, 2.75) is 5.33 Å². The molecule has 1 nitrogen and oxygen atoms in total. The largest absolute Gasteiger partial charge is 0.497 e. The van der Waals surface area contributed by atoms with Crippen molar-refractivity contribution in [3.8, 4) is 5.75 Å². The fourth-order valence-corrected chi connectivity index (χ4v) is 1.22. The summed E-state index contributed by atoms with van der Waals surface area (Å²) < 4.78 is 17.8. The number of hydrogen-bond donors (Lipinski definition) is 0. The average Bonchev–Trinajstić information content (AvgIpc) is 2.04. The third-order valence-electron chi connectivity index (χ3n) is 1.40. The van der Waals surface area contributed by atoms with E-state index in [1.807, 2.05) is 0 Å². The highest BCUT2D eigenvalue weighted by Crippen LogP contribution is 2.17. The van der Waals surface area contributed by atoms with Crippen molar-refractivity contribution in [2.24, 2.45) is 0 Å². The molecule has 1 aromatic rings. The molecule has 0 aliphatic carbocycles. The van der Waals surface area contributed by atoms with Crippen LogP contribution in [0, 0.1) is 5.82 Å². The molecule has 0 spiro atoms. The first-order valence-corrected chi connectivity index (χ1v) is 4.28. The Labute approximate surface area is 73.3 Å². The van der Waals surface area contributed by atoms with Gasteiger partial charge >= 0.3 is 0 Å². The topological polar surface area (TPSA) is 9.23 Å². The van der Waals surface area contributed by atoms with Crippen LogP contribution in [-0.2, 0) is 5.33 Å². The standard InChI is InChI=1S/C8H8BrFO/c1-11-7-3-2-6(5-9)8(10)4-7/h2-4H,5H2,1H3/i10-1. The summed E-state index contributed by atoms with van der Waals surface area (Å²) in [7, 11) is 1.52. The fourth-order valence-electron chi connectivity index (χ4n) is 0.763. The molecule has 0 unspecified atom stereocenters. The quantitative estimate of drug-likeness (QED) is 0.693. The summed E-state index contributed by atoms with van der Waals surface area (Å²) in [5.74, 6) is 0.313. The van der Waals surface area contributed by atoms with Gasteiger partial charge in [0.05, 0.1) is 7.11 Å². The lowest BCUT2D eigenvalue weighted by atomic mass is 10.2. The molecule has 0 saturated heterocycles. The molecule has 0 bridgehead atoms. The van der Waals surface area contributed by atoms with Gasteiger partial charge in [0.2, 0.25) is 0 Å². The second-order valence-corrected chi connectivity index (χ2v) is 2.65. The van der Waals surface area contributed by atoms with Crippen LogP contribution in [0.25, 0.3) is 0 Å². The molecule has 0 N–H and O–H groups in total. The maximum absolute atomic E-state index is 12.9. The Balaban J connectivity index is 2.99. The van der Waals surface area contributed by atoms with E-state index in [-0.39, 0.29) is 5.82 Å². The summed E-state index contributed by atoms with van der Waals surface area (Å²) in [6.07, 6.45) is 0. The maximum atomic E-state index is 12.9. The lowest BCUT2D eigenvalue weighted by Crippen LogP contribution is -1.88. The average molecular weight is 218 g/mol. The summed E-state index contributed by atoms with van der Waals surface area (Å²) in [6.45, 7) is 0. The fraction of sp³-hybridized carbons (Fsp3) is 0.250. The predicted octanol–water partition coefficient (Wildman–Crippen LogP) is 2.73. The van der Waals surface area contributed by atoms with Crippen LogP contribution in [0.5, 0.6) is 5.75 Å². The molecule has 11 heavy (non-hydrogen) atoms. The van der Waals surface area contributed by atoms with Gasteiger partial charge in [0.1, 0.15) is 11.6 Å². The van der Waals surface area contributed by atoms with Crippen LogP contribution in [0.3, 0.4) is 0 Å². The zero-order chi connectivity index (χ0) is 8.27. The van der Waals surface area contributed by atoms with Gasteiger partial charge in [-0.3, -0.25) is 0 Å². The molecule has 3 heteroatoms. The highest BCUT2D eigenvalue weighted by Gasteiger charge is 2.00. The highest BCUT2D eigenvalue weighted by atomic mass is 79.9. The lowest BCUT2D eigenvalue weighted by molar-refractivity contribution is 0.411. The van der Waals surface area contributed by atoms with Gasteiger partial charge in [-0.15, -0.1) is 0 Å². The van der Waals surface area contributed by atoms with E-state index in [0.29, 0.717) is 16.6 Å². The molecule has 60 valence electrons. The highest BCUT2D eigenvalue weighted by molar-refractivity contribution is 9.08. The molecular formula is C8H8BrFO. The Morgan fingerprint density at radius 1 is 1.55 bits per heavy atom. The van der Waals surface area contributed by atoms with E-state index in [9.17, 15) is 4.39 Å². The number of hydrogen-bond acceptors (Lipinski definition) is 1. The molecule has 0 aromatic heterocycles. The molecule has 0 aliphatic heterocycles. The summed E-state index contributed by atoms with van der Waals surface area (Å²) in [5.41, 5.74) is 0.644. The molecule has 0 saturated carbocycles. The molecule has 1 aromatic carbocycles. The van der Waals surface area contributed by atoms with Crippen molar-refractivity contribution in [2.75, 3.05) is 7.11 Å². The van der Waals surface area contributed by atoms with Crippen molar-refractivity contribution < 1.29 is 9.13 Å². The smallest absolute Gasteiger partial charge is 0.130 e. The Morgan fingerprint density at radius 3 is 2.73 bits per heavy atom. The van der Waals surface area contributed by atoms with E-state index in [1.165, 1.54) is 13.2 Å². The van der Waals surface area contributed by atoms with Gasteiger partial charge in [-0.2, -0.15) is 0 Å². The van der Waals surface area contributed by atoms with Gasteiger partial charge in [0.25, 0.3) is 0 Å². The number of halogens is 2. The van der Waals surface area contributed by atoms with Crippen molar-refractivity contribution in [3.05, 3.63) is 29.6 Å². The van der Waals surface area contributed by atoms with Gasteiger partial charge in [-0.25, -0.2) is 4.39 Å². The van der Waals surface area contributed by atoms with Crippen LogP contribution in [0.15, 0.2) is 18.2 Å². The first-order valence-electron chi connectivity index (χ1n) is 3.16. The van der Waals surface area contributed by atoms with Gasteiger partial charge in [-0.1, -0.05) is 22.0 Å². The predicted molar refractivity (Wildman–Crippen MR) is 45.6 cm³/mol. The van der Waals surface area contributed by atoms with E-state index >= 15 is 0 Å². The minimum atomic E-state index is -0.235. The molecule has 0 fully saturated rings. The number of alkyl halides is 1. The third kappa shape index (κ3) is 1.93. The molecule has 0 heterocycles. The van der Waals surface area contributed by atoms with Gasteiger partial charge in [0.15, 0.2) is 0 Å². The first-order chi connectivity index (χ1) is 5.27. The third-order valence-corrected chi connectivity index (χ3v) is 2.01. The maximum Gasteiger partial charge on any atom is 0.130 e. The number of ether oxygens (including phenoxy) is 1. The molecule has 0 radical (unpaired) electrons. The lowest BCUT2D eigenvalue weighted by Gasteiger charge is -2.01. The Morgan fingerprint density at radius 2 is 2.27 bits per heavy atom. The minimum absolute atomic E-state index is 0.235. The summed E-state index contributed by atoms with van der Waals surface area (Å²) in [4.78, 5) is 0. The van der Waals surface area contributed by atoms with Gasteiger partial charge < -0.3 is 4.74 Å². The molecule has 0 atom stereocenters. The monoisotopic (exact) mass is 217 g/mol. The summed E-state index contributed by atoms with van der Waals surface area (Å²) in [5, 5.41) is 0.531. The minimum Gasteiger partial charge on any atom is -0.497 e. The van der Waals surface area contributed by atoms with Crippen molar-refractivity contribution in [1.29, 1.82) is 0 Å².